The van der Waals surface area contributed by atoms with Crippen molar-refractivity contribution in [3.05, 3.63) is 29.3 Å². The Morgan fingerprint density at radius 2 is 1.16 bits per heavy atom. The molecule has 0 saturated heterocycles. The van der Waals surface area contributed by atoms with Crippen LogP contribution in [0, 0.1) is 0 Å². The molecule has 0 aromatic heterocycles. The summed E-state index contributed by atoms with van der Waals surface area (Å²) in [5.74, 6) is 0.449. The van der Waals surface area contributed by atoms with Gasteiger partial charge in [-0.25, -0.2) is 4.57 Å². The fourth-order valence-corrected chi connectivity index (χ4v) is 5.90. The van der Waals surface area contributed by atoms with E-state index in [0.717, 1.165) is 25.7 Å². The van der Waals surface area contributed by atoms with E-state index >= 15 is 0 Å². The monoisotopic (exact) mass is 486 g/mol. The highest BCUT2D eigenvalue weighted by Crippen LogP contribution is 2.50. The molecule has 5 heteroatoms. The van der Waals surface area contributed by atoms with E-state index in [2.05, 4.69) is 13.8 Å². The lowest BCUT2D eigenvalue weighted by Gasteiger charge is -2.20. The van der Waals surface area contributed by atoms with Crippen LogP contribution in [-0.4, -0.2) is 12.8 Å². The maximum absolute atomic E-state index is 13.1. The lowest BCUT2D eigenvalue weighted by Crippen LogP contribution is -2.04. The number of hydrogen-bond donors (Lipinski definition) is 0. The molecule has 0 bridgehead atoms. The van der Waals surface area contributed by atoms with Crippen molar-refractivity contribution in [3.63, 3.8) is 0 Å². The van der Waals surface area contributed by atoms with Crippen LogP contribution in [0.25, 0.3) is 0 Å². The Morgan fingerprint density at radius 1 is 0.688 bits per heavy atom. The summed E-state index contributed by atoms with van der Waals surface area (Å²) in [5.41, 5.74) is 0. The summed E-state index contributed by atoms with van der Waals surface area (Å²) in [6, 6.07) is 7.16. The van der Waals surface area contributed by atoms with Crippen LogP contribution in [0.5, 0.6) is 5.75 Å². The van der Waals surface area contributed by atoms with Crippen molar-refractivity contribution in [2.24, 2.45) is 0 Å². The van der Waals surface area contributed by atoms with Crippen molar-refractivity contribution in [3.8, 4) is 5.75 Å². The third-order valence-electron chi connectivity index (χ3n) is 5.90. The number of hydrogen-bond acceptors (Lipinski definition) is 3. The fraction of sp³-hybridized carbons (Fsp3) is 0.778. The molecule has 0 aliphatic heterocycles. The van der Waals surface area contributed by atoms with Gasteiger partial charge in [0, 0.05) is 0 Å². The molecular formula is C27H48ClO3P. The number of unbranched alkanes of at least 4 members (excludes halogenated alkanes) is 15. The molecule has 0 amide bonds. The van der Waals surface area contributed by atoms with Crippen LogP contribution >= 0.6 is 19.2 Å². The molecule has 1 rings (SSSR count). The Morgan fingerprint density at radius 3 is 1.66 bits per heavy atom. The van der Waals surface area contributed by atoms with E-state index in [4.69, 9.17) is 20.6 Å². The maximum atomic E-state index is 13.1. The van der Waals surface area contributed by atoms with Crippen LogP contribution in [0.1, 0.15) is 123 Å². The van der Waals surface area contributed by atoms with Crippen molar-refractivity contribution < 1.29 is 13.6 Å². The zero-order valence-electron chi connectivity index (χ0n) is 20.8. The summed E-state index contributed by atoms with van der Waals surface area (Å²) in [5, 5.41) is 0.472. The third-order valence-corrected chi connectivity index (χ3v) is 8.12. The first-order valence-electron chi connectivity index (χ1n) is 13.3. The molecule has 0 aliphatic carbocycles. The van der Waals surface area contributed by atoms with Gasteiger partial charge < -0.3 is 4.52 Å². The molecule has 0 aliphatic rings. The maximum Gasteiger partial charge on any atom is 0.379 e. The molecule has 1 unspecified atom stereocenters. The average molecular weight is 487 g/mol. The summed E-state index contributed by atoms with van der Waals surface area (Å²) in [6.07, 6.45) is 22.1. The molecule has 0 heterocycles. The van der Waals surface area contributed by atoms with Gasteiger partial charge in [0.1, 0.15) is 5.75 Å². The van der Waals surface area contributed by atoms with Crippen molar-refractivity contribution >= 4 is 19.2 Å². The molecule has 186 valence electrons. The highest BCUT2D eigenvalue weighted by molar-refractivity contribution is 7.54. The summed E-state index contributed by atoms with van der Waals surface area (Å²) in [6.45, 7) is 4.84. The van der Waals surface area contributed by atoms with Gasteiger partial charge in [0.2, 0.25) is 0 Å². The minimum absolute atomic E-state index is 0.438. The largest absolute Gasteiger partial charge is 0.423 e. The molecule has 1 aromatic rings. The van der Waals surface area contributed by atoms with Crippen LogP contribution in [0.3, 0.4) is 0 Å². The molecule has 0 spiro atoms. The smallest absolute Gasteiger partial charge is 0.379 e. The Hall–Kier alpha value is -0.500. The van der Waals surface area contributed by atoms with Gasteiger partial charge >= 0.3 is 7.60 Å². The van der Waals surface area contributed by atoms with E-state index in [0.29, 0.717) is 23.5 Å². The Kier molecular flexibility index (Phi) is 18.4. The molecule has 1 aromatic carbocycles. The SMILES string of the molecule is CCCCCCCCCCCCCCCCCOP(=O)(CCCC)Oc1ccccc1Cl. The quantitative estimate of drug-likeness (QED) is 0.121. The minimum Gasteiger partial charge on any atom is -0.423 e. The average Bonchev–Trinajstić information content (AvgIpc) is 2.79. The predicted molar refractivity (Wildman–Crippen MR) is 140 cm³/mol. The molecule has 0 saturated carbocycles. The van der Waals surface area contributed by atoms with E-state index in [9.17, 15) is 4.57 Å². The Bertz CT molecular complexity index is 608. The van der Waals surface area contributed by atoms with E-state index in [1.165, 1.54) is 83.5 Å². The molecule has 1 atom stereocenters. The highest BCUT2D eigenvalue weighted by Gasteiger charge is 2.26. The minimum atomic E-state index is -3.16. The number of benzene rings is 1. The first-order chi connectivity index (χ1) is 15.6. The lowest BCUT2D eigenvalue weighted by atomic mass is 10.0. The zero-order chi connectivity index (χ0) is 23.3. The predicted octanol–water partition coefficient (Wildman–Crippen LogP) is 10.6. The van der Waals surface area contributed by atoms with Crippen molar-refractivity contribution in [1.82, 2.24) is 0 Å². The molecule has 3 nitrogen and oxygen atoms in total. The summed E-state index contributed by atoms with van der Waals surface area (Å²) < 4.78 is 24.7. The van der Waals surface area contributed by atoms with Crippen LogP contribution in [0.15, 0.2) is 24.3 Å². The van der Waals surface area contributed by atoms with E-state index in [1.807, 2.05) is 12.1 Å². The van der Waals surface area contributed by atoms with Gasteiger partial charge in [-0.2, -0.15) is 0 Å². The first kappa shape index (κ1) is 29.5. The summed E-state index contributed by atoms with van der Waals surface area (Å²) in [4.78, 5) is 0. The van der Waals surface area contributed by atoms with E-state index in [1.54, 1.807) is 12.1 Å². The second-order valence-electron chi connectivity index (χ2n) is 8.99. The third kappa shape index (κ3) is 15.4. The van der Waals surface area contributed by atoms with Crippen molar-refractivity contribution in [2.75, 3.05) is 12.8 Å². The van der Waals surface area contributed by atoms with Crippen LogP contribution < -0.4 is 4.52 Å². The first-order valence-corrected chi connectivity index (χ1v) is 15.4. The van der Waals surface area contributed by atoms with Gasteiger partial charge in [0.05, 0.1) is 17.8 Å². The van der Waals surface area contributed by atoms with Gasteiger partial charge in [0.15, 0.2) is 0 Å². The van der Waals surface area contributed by atoms with Gasteiger partial charge in [-0.1, -0.05) is 134 Å². The van der Waals surface area contributed by atoms with Crippen LogP contribution in [0.2, 0.25) is 5.02 Å². The van der Waals surface area contributed by atoms with Gasteiger partial charge in [-0.3, -0.25) is 4.52 Å². The van der Waals surface area contributed by atoms with Gasteiger partial charge in [-0.05, 0) is 25.0 Å². The number of halogens is 1. The second-order valence-corrected chi connectivity index (χ2v) is 11.5. The fourth-order valence-electron chi connectivity index (χ4n) is 3.83. The molecule has 0 radical (unpaired) electrons. The molecule has 0 N–H and O–H groups in total. The molecular weight excluding hydrogens is 439 g/mol. The van der Waals surface area contributed by atoms with Crippen LogP contribution in [-0.2, 0) is 9.09 Å². The van der Waals surface area contributed by atoms with Gasteiger partial charge in [-0.15, -0.1) is 0 Å². The normalized spacial score (nSPS) is 13.2. The zero-order valence-corrected chi connectivity index (χ0v) is 22.4. The highest BCUT2D eigenvalue weighted by atomic mass is 35.5. The Labute approximate surface area is 203 Å². The molecule has 0 fully saturated rings. The van der Waals surface area contributed by atoms with Crippen molar-refractivity contribution in [2.45, 2.75) is 123 Å². The topological polar surface area (TPSA) is 35.5 Å². The van der Waals surface area contributed by atoms with Crippen molar-refractivity contribution in [1.29, 1.82) is 0 Å². The Balaban J connectivity index is 2.05. The van der Waals surface area contributed by atoms with Crippen LogP contribution in [0.4, 0.5) is 0 Å². The summed E-state index contributed by atoms with van der Waals surface area (Å²) >= 11 is 6.17. The number of rotatable bonds is 22. The second kappa shape index (κ2) is 19.9. The van der Waals surface area contributed by atoms with Gasteiger partial charge in [0.25, 0.3) is 0 Å². The summed E-state index contributed by atoms with van der Waals surface area (Å²) in [7, 11) is -3.16. The number of para-hydroxylation sites is 1. The van der Waals surface area contributed by atoms with E-state index in [-0.39, 0.29) is 0 Å². The standard InChI is InChI=1S/C27H48ClO3P/c1-3-5-7-8-9-10-11-12-13-14-15-16-17-18-21-24-30-32(29,25-6-4-2)31-27-23-20-19-22-26(27)28/h19-20,22-23H,3-18,21,24-25H2,1-2H3. The van der Waals surface area contributed by atoms with E-state index < -0.39 is 7.60 Å². The lowest BCUT2D eigenvalue weighted by molar-refractivity contribution is 0.257. The molecule has 32 heavy (non-hydrogen) atoms.